The Labute approximate surface area is 146 Å². The number of hydrogen-bond acceptors (Lipinski definition) is 7. The zero-order valence-corrected chi connectivity index (χ0v) is 14.9. The van der Waals surface area contributed by atoms with E-state index in [0.717, 1.165) is 4.31 Å². The molecule has 2 heterocycles. The number of benzene rings is 1. The average Bonchev–Trinajstić information content (AvgIpc) is 2.84. The van der Waals surface area contributed by atoms with Crippen molar-refractivity contribution in [2.45, 2.75) is 17.0 Å². The maximum Gasteiger partial charge on any atom is 0.245 e. The molecule has 0 radical (unpaired) electrons. The first-order chi connectivity index (χ1) is 11.8. The summed E-state index contributed by atoms with van der Waals surface area (Å²) in [6, 6.07) is 7.14. The molecule has 1 aromatic heterocycles. The summed E-state index contributed by atoms with van der Waals surface area (Å²) in [7, 11) is -7.60. The first kappa shape index (κ1) is 18.2. The highest BCUT2D eigenvalue weighted by atomic mass is 32.2. The second-order valence-electron chi connectivity index (χ2n) is 5.95. The highest BCUT2D eigenvalue weighted by Crippen LogP contribution is 2.28. The van der Waals surface area contributed by atoms with Crippen molar-refractivity contribution in [1.82, 2.24) is 9.29 Å². The summed E-state index contributed by atoms with van der Waals surface area (Å²) in [6.45, 7) is -0.0938. The van der Waals surface area contributed by atoms with E-state index < -0.39 is 43.5 Å². The molecule has 136 valence electrons. The molecular formula is C15H19N3O5S2. The van der Waals surface area contributed by atoms with E-state index in [0.29, 0.717) is 10.9 Å². The summed E-state index contributed by atoms with van der Waals surface area (Å²) in [6.07, 6.45) is 0.206. The van der Waals surface area contributed by atoms with Gasteiger partial charge in [-0.05, 0) is 12.1 Å². The molecular weight excluding hydrogens is 366 g/mol. The molecule has 0 unspecified atom stereocenters. The van der Waals surface area contributed by atoms with Gasteiger partial charge in [0.15, 0.2) is 9.84 Å². The Morgan fingerprint density at radius 2 is 1.96 bits per heavy atom. The fourth-order valence-corrected chi connectivity index (χ4v) is 6.82. The third kappa shape index (κ3) is 3.40. The van der Waals surface area contributed by atoms with Crippen LogP contribution in [0.25, 0.3) is 10.9 Å². The summed E-state index contributed by atoms with van der Waals surface area (Å²) >= 11 is 0. The normalized spacial score (nSPS) is 23.3. The van der Waals surface area contributed by atoms with Crippen LogP contribution < -0.4 is 5.73 Å². The van der Waals surface area contributed by atoms with Gasteiger partial charge in [0.2, 0.25) is 10.0 Å². The lowest BCUT2D eigenvalue weighted by Crippen LogP contribution is -2.48. The van der Waals surface area contributed by atoms with Crippen molar-refractivity contribution < 1.29 is 21.9 Å². The molecule has 0 bridgehead atoms. The van der Waals surface area contributed by atoms with Crippen LogP contribution in [-0.2, 0) is 19.9 Å². The van der Waals surface area contributed by atoms with Gasteiger partial charge in [0, 0.05) is 24.7 Å². The fraction of sp³-hybridized carbons (Fsp3) is 0.400. The molecule has 1 fully saturated rings. The van der Waals surface area contributed by atoms with Gasteiger partial charge >= 0.3 is 0 Å². The second kappa shape index (κ2) is 6.61. The molecule has 0 amide bonds. The predicted molar refractivity (Wildman–Crippen MR) is 93.1 cm³/mol. The van der Waals surface area contributed by atoms with Crippen LogP contribution in [0.3, 0.4) is 0 Å². The van der Waals surface area contributed by atoms with E-state index in [-0.39, 0.29) is 18.0 Å². The number of nitrogens with zero attached hydrogens (tertiary/aromatic N) is 2. The topological polar surface area (TPSA) is 131 Å². The van der Waals surface area contributed by atoms with Crippen LogP contribution in [0.15, 0.2) is 41.4 Å². The largest absolute Gasteiger partial charge is 0.390 e. The number of sulfonamides is 1. The Kier molecular flexibility index (Phi) is 4.82. The summed E-state index contributed by atoms with van der Waals surface area (Å²) in [4.78, 5) is 4.11. The molecule has 3 N–H and O–H groups in total. The predicted octanol–water partition coefficient (Wildman–Crippen LogP) is -0.658. The van der Waals surface area contributed by atoms with Crippen molar-refractivity contribution in [3.63, 3.8) is 0 Å². The molecule has 10 heteroatoms. The lowest BCUT2D eigenvalue weighted by Gasteiger charge is -2.29. The molecule has 1 aliphatic rings. The summed E-state index contributed by atoms with van der Waals surface area (Å²) in [5.41, 5.74) is 5.84. The summed E-state index contributed by atoms with van der Waals surface area (Å²) < 4.78 is 51.0. The molecule has 1 aliphatic heterocycles. The Morgan fingerprint density at radius 3 is 2.60 bits per heavy atom. The van der Waals surface area contributed by atoms with E-state index in [1.165, 1.54) is 12.3 Å². The van der Waals surface area contributed by atoms with E-state index in [1.807, 2.05) is 0 Å². The lowest BCUT2D eigenvalue weighted by molar-refractivity contribution is 0.129. The Morgan fingerprint density at radius 1 is 1.24 bits per heavy atom. The number of aliphatic hydroxyl groups is 1. The third-order valence-corrected chi connectivity index (χ3v) is 7.85. The molecule has 2 atom stereocenters. The van der Waals surface area contributed by atoms with E-state index in [4.69, 9.17) is 5.73 Å². The molecule has 0 spiro atoms. The molecule has 8 nitrogen and oxygen atoms in total. The standard InChI is InChI=1S/C15H19N3O5S2/c16-6-8-18(12-9-24(20,21)10-13(12)19)25(22,23)14-5-1-3-11-4-2-7-17-15(11)14/h1-5,7,12-13,19H,6,8-10,16H2/t12-,13+/m0/s1. The molecule has 1 saturated heterocycles. The first-order valence-electron chi connectivity index (χ1n) is 7.70. The maximum absolute atomic E-state index is 13.2. The average molecular weight is 385 g/mol. The Balaban J connectivity index is 2.12. The van der Waals surface area contributed by atoms with Gasteiger partial charge in [-0.2, -0.15) is 4.31 Å². The van der Waals surface area contributed by atoms with Gasteiger partial charge in [-0.15, -0.1) is 0 Å². The van der Waals surface area contributed by atoms with Crippen LogP contribution in [-0.4, -0.2) is 68.0 Å². The van der Waals surface area contributed by atoms with Crippen LogP contribution in [0.1, 0.15) is 0 Å². The van der Waals surface area contributed by atoms with Gasteiger partial charge in [0.25, 0.3) is 0 Å². The monoisotopic (exact) mass is 385 g/mol. The van der Waals surface area contributed by atoms with E-state index >= 15 is 0 Å². The SMILES string of the molecule is NCCN([C@H]1CS(=O)(=O)C[C@H]1O)S(=O)(=O)c1cccc2cccnc12. The quantitative estimate of drug-likeness (QED) is 0.699. The minimum Gasteiger partial charge on any atom is -0.390 e. The van der Waals surface area contributed by atoms with Crippen molar-refractivity contribution >= 4 is 30.8 Å². The van der Waals surface area contributed by atoms with Gasteiger partial charge in [0.1, 0.15) is 4.90 Å². The number of sulfone groups is 1. The van der Waals surface area contributed by atoms with Gasteiger partial charge in [-0.1, -0.05) is 18.2 Å². The Hall–Kier alpha value is -1.59. The van der Waals surface area contributed by atoms with Crippen molar-refractivity contribution in [3.05, 3.63) is 36.5 Å². The zero-order chi connectivity index (χ0) is 18.2. The summed E-state index contributed by atoms with van der Waals surface area (Å²) in [5, 5.41) is 10.8. The van der Waals surface area contributed by atoms with Crippen LogP contribution in [0.5, 0.6) is 0 Å². The maximum atomic E-state index is 13.2. The van der Waals surface area contributed by atoms with Gasteiger partial charge < -0.3 is 10.8 Å². The molecule has 1 aromatic carbocycles. The smallest absolute Gasteiger partial charge is 0.245 e. The second-order valence-corrected chi connectivity index (χ2v) is 9.96. The van der Waals surface area contributed by atoms with E-state index in [1.54, 1.807) is 24.3 Å². The van der Waals surface area contributed by atoms with Crippen LogP contribution in [0.4, 0.5) is 0 Å². The zero-order valence-electron chi connectivity index (χ0n) is 13.3. The van der Waals surface area contributed by atoms with Crippen molar-refractivity contribution in [2.24, 2.45) is 5.73 Å². The third-order valence-electron chi connectivity index (χ3n) is 4.20. The van der Waals surface area contributed by atoms with Crippen LogP contribution in [0.2, 0.25) is 0 Å². The van der Waals surface area contributed by atoms with Crippen LogP contribution >= 0.6 is 0 Å². The Bertz CT molecular complexity index is 986. The summed E-state index contributed by atoms with van der Waals surface area (Å²) in [5.74, 6) is -0.881. The number of aliphatic hydroxyl groups excluding tert-OH is 1. The molecule has 0 aliphatic carbocycles. The number of aromatic nitrogens is 1. The molecule has 25 heavy (non-hydrogen) atoms. The molecule has 0 saturated carbocycles. The lowest BCUT2D eigenvalue weighted by atomic mass is 10.2. The highest BCUT2D eigenvalue weighted by Gasteiger charge is 2.44. The number of nitrogens with two attached hydrogens (primary N) is 1. The van der Waals surface area contributed by atoms with Gasteiger partial charge in [0.05, 0.1) is 29.2 Å². The number of hydrogen-bond donors (Lipinski definition) is 2. The van der Waals surface area contributed by atoms with E-state index in [9.17, 15) is 21.9 Å². The van der Waals surface area contributed by atoms with Crippen molar-refractivity contribution in [1.29, 1.82) is 0 Å². The fourth-order valence-electron chi connectivity index (χ4n) is 3.09. The minimum absolute atomic E-state index is 0.000687. The van der Waals surface area contributed by atoms with E-state index in [2.05, 4.69) is 4.98 Å². The van der Waals surface area contributed by atoms with Crippen molar-refractivity contribution in [3.8, 4) is 0 Å². The van der Waals surface area contributed by atoms with Gasteiger partial charge in [-0.3, -0.25) is 4.98 Å². The number of rotatable bonds is 5. The first-order valence-corrected chi connectivity index (χ1v) is 11.0. The number of fused-ring (bicyclic) bond motifs is 1. The molecule has 2 aromatic rings. The van der Waals surface area contributed by atoms with Gasteiger partial charge in [-0.25, -0.2) is 16.8 Å². The van der Waals surface area contributed by atoms with Crippen LogP contribution in [0, 0.1) is 0 Å². The number of para-hydroxylation sites is 1. The van der Waals surface area contributed by atoms with Crippen molar-refractivity contribution in [2.75, 3.05) is 24.6 Å². The molecule has 3 rings (SSSR count). The number of pyridine rings is 1. The minimum atomic E-state index is -4.09. The highest BCUT2D eigenvalue weighted by molar-refractivity contribution is 7.92.